The van der Waals surface area contributed by atoms with E-state index >= 15 is 0 Å². The minimum atomic E-state index is 0.0868. The lowest BCUT2D eigenvalue weighted by Crippen LogP contribution is -2.22. The van der Waals surface area contributed by atoms with Crippen LogP contribution in [0.2, 0.25) is 0 Å². The van der Waals surface area contributed by atoms with E-state index in [9.17, 15) is 5.11 Å². The normalized spacial score (nSPS) is 22.5. The van der Waals surface area contributed by atoms with Gasteiger partial charge in [-0.1, -0.05) is 0 Å². The summed E-state index contributed by atoms with van der Waals surface area (Å²) in [5.74, 6) is 1.39. The Morgan fingerprint density at radius 3 is 2.55 bits per heavy atom. The lowest BCUT2D eigenvalue weighted by atomic mass is 9.77. The van der Waals surface area contributed by atoms with Crippen LogP contribution >= 0.6 is 0 Å². The molecule has 2 rings (SSSR count). The molecule has 4 heteroatoms. The summed E-state index contributed by atoms with van der Waals surface area (Å²) in [5, 5.41) is 27.1. The first kappa shape index (κ1) is 14.9. The Morgan fingerprint density at radius 1 is 1.30 bits per heavy atom. The third-order valence-corrected chi connectivity index (χ3v) is 4.28. The highest BCUT2D eigenvalue weighted by Gasteiger charge is 2.24. The zero-order valence-corrected chi connectivity index (χ0v) is 11.9. The Labute approximate surface area is 119 Å². The zero-order chi connectivity index (χ0) is 14.5. The van der Waals surface area contributed by atoms with Crippen LogP contribution in [0.25, 0.3) is 0 Å². The van der Waals surface area contributed by atoms with Gasteiger partial charge in [0.1, 0.15) is 0 Å². The van der Waals surface area contributed by atoms with Crippen LogP contribution in [-0.4, -0.2) is 29.6 Å². The SMILES string of the molecule is COc1ccc(C(=N)[C@H]2CC[C@H](CCO)CC2)cc1O. The van der Waals surface area contributed by atoms with Crippen LogP contribution in [0.15, 0.2) is 18.2 Å². The van der Waals surface area contributed by atoms with Gasteiger partial charge in [0, 0.05) is 18.2 Å². The van der Waals surface area contributed by atoms with Crippen LogP contribution < -0.4 is 4.74 Å². The molecule has 110 valence electrons. The van der Waals surface area contributed by atoms with Gasteiger partial charge in [0.25, 0.3) is 0 Å². The van der Waals surface area contributed by atoms with Gasteiger partial charge in [0.15, 0.2) is 11.5 Å². The van der Waals surface area contributed by atoms with E-state index in [4.69, 9.17) is 15.3 Å². The molecule has 0 aromatic heterocycles. The van der Waals surface area contributed by atoms with Crippen molar-refractivity contribution < 1.29 is 14.9 Å². The number of aliphatic hydroxyl groups is 1. The minimum absolute atomic E-state index is 0.0868. The lowest BCUT2D eigenvalue weighted by molar-refractivity contribution is 0.221. The van der Waals surface area contributed by atoms with Gasteiger partial charge in [-0.2, -0.15) is 0 Å². The summed E-state index contributed by atoms with van der Waals surface area (Å²) in [6.07, 6.45) is 5.03. The minimum Gasteiger partial charge on any atom is -0.504 e. The lowest BCUT2D eigenvalue weighted by Gasteiger charge is -2.28. The Bertz CT molecular complexity index is 465. The summed E-state index contributed by atoms with van der Waals surface area (Å²) in [4.78, 5) is 0. The monoisotopic (exact) mass is 277 g/mol. The highest BCUT2D eigenvalue weighted by Crippen LogP contribution is 2.34. The second-order valence-corrected chi connectivity index (χ2v) is 5.53. The van der Waals surface area contributed by atoms with Gasteiger partial charge in [-0.25, -0.2) is 0 Å². The van der Waals surface area contributed by atoms with E-state index in [2.05, 4.69) is 0 Å². The standard InChI is InChI=1S/C16H23NO3/c1-20-15-7-6-13(10-14(15)19)16(17)12-4-2-11(3-5-12)8-9-18/h6-7,10-12,17-19H,2-5,8-9H2,1H3/t11-,12-. The first-order valence-corrected chi connectivity index (χ1v) is 7.22. The van der Waals surface area contributed by atoms with Gasteiger partial charge in [-0.05, 0) is 61.8 Å². The molecule has 0 unspecified atom stereocenters. The molecule has 4 nitrogen and oxygen atoms in total. The molecule has 0 amide bonds. The average molecular weight is 277 g/mol. The molecular weight excluding hydrogens is 254 g/mol. The Kier molecular flexibility index (Phi) is 5.01. The van der Waals surface area contributed by atoms with Crippen molar-refractivity contribution in [2.75, 3.05) is 13.7 Å². The highest BCUT2D eigenvalue weighted by atomic mass is 16.5. The van der Waals surface area contributed by atoms with E-state index < -0.39 is 0 Å². The summed E-state index contributed by atoms with van der Waals surface area (Å²) in [7, 11) is 1.52. The predicted molar refractivity (Wildman–Crippen MR) is 78.6 cm³/mol. The summed E-state index contributed by atoms with van der Waals surface area (Å²) in [6.45, 7) is 0.263. The fourth-order valence-corrected chi connectivity index (χ4v) is 3.02. The number of aromatic hydroxyl groups is 1. The summed E-state index contributed by atoms with van der Waals surface area (Å²) in [5.41, 5.74) is 1.37. The summed E-state index contributed by atoms with van der Waals surface area (Å²) in [6, 6.07) is 5.15. The molecule has 1 aromatic carbocycles. The molecule has 1 saturated carbocycles. The zero-order valence-electron chi connectivity index (χ0n) is 11.9. The third-order valence-electron chi connectivity index (χ3n) is 4.28. The number of phenolic OH excluding ortho intramolecular Hbond substituents is 1. The Balaban J connectivity index is 2.00. The summed E-state index contributed by atoms with van der Waals surface area (Å²) < 4.78 is 5.02. The second kappa shape index (κ2) is 6.75. The molecule has 1 fully saturated rings. The molecule has 0 atom stereocenters. The van der Waals surface area contributed by atoms with Crippen LogP contribution in [0.1, 0.15) is 37.7 Å². The number of hydrogen-bond donors (Lipinski definition) is 3. The quantitative estimate of drug-likeness (QED) is 0.724. The van der Waals surface area contributed by atoms with E-state index in [-0.39, 0.29) is 18.3 Å². The van der Waals surface area contributed by atoms with Crippen molar-refractivity contribution >= 4 is 5.71 Å². The molecule has 1 aromatic rings. The molecule has 1 aliphatic carbocycles. The number of rotatable bonds is 5. The number of hydrogen-bond acceptors (Lipinski definition) is 4. The van der Waals surface area contributed by atoms with Gasteiger partial charge in [0.2, 0.25) is 0 Å². The van der Waals surface area contributed by atoms with Crippen molar-refractivity contribution in [2.24, 2.45) is 11.8 Å². The number of methoxy groups -OCH3 is 1. The third kappa shape index (κ3) is 3.31. The maximum absolute atomic E-state index is 9.80. The van der Waals surface area contributed by atoms with Gasteiger partial charge in [-0.3, -0.25) is 0 Å². The van der Waals surface area contributed by atoms with E-state index in [1.807, 2.05) is 6.07 Å². The molecule has 3 N–H and O–H groups in total. The average Bonchev–Trinajstić information content (AvgIpc) is 2.47. The molecule has 1 aliphatic rings. The van der Waals surface area contributed by atoms with E-state index in [0.717, 1.165) is 37.7 Å². The van der Waals surface area contributed by atoms with Crippen molar-refractivity contribution in [2.45, 2.75) is 32.1 Å². The molecule has 20 heavy (non-hydrogen) atoms. The topological polar surface area (TPSA) is 73.5 Å². The maximum Gasteiger partial charge on any atom is 0.160 e. The van der Waals surface area contributed by atoms with Gasteiger partial charge in [0.05, 0.1) is 7.11 Å². The van der Waals surface area contributed by atoms with E-state index in [1.165, 1.54) is 7.11 Å². The van der Waals surface area contributed by atoms with Crippen molar-refractivity contribution in [3.8, 4) is 11.5 Å². The second-order valence-electron chi connectivity index (χ2n) is 5.53. The van der Waals surface area contributed by atoms with Crippen LogP contribution in [-0.2, 0) is 0 Å². The summed E-state index contributed by atoms with van der Waals surface area (Å²) >= 11 is 0. The smallest absolute Gasteiger partial charge is 0.160 e. The van der Waals surface area contributed by atoms with Crippen molar-refractivity contribution in [1.82, 2.24) is 0 Å². The van der Waals surface area contributed by atoms with E-state index in [1.54, 1.807) is 12.1 Å². The molecule has 0 radical (unpaired) electrons. The molecule has 0 saturated heterocycles. The van der Waals surface area contributed by atoms with Crippen molar-refractivity contribution in [1.29, 1.82) is 5.41 Å². The first-order chi connectivity index (χ1) is 9.65. The fourth-order valence-electron chi connectivity index (χ4n) is 3.02. The van der Waals surface area contributed by atoms with Crippen LogP contribution in [0, 0.1) is 17.2 Å². The first-order valence-electron chi connectivity index (χ1n) is 7.22. The van der Waals surface area contributed by atoms with Crippen LogP contribution in [0.3, 0.4) is 0 Å². The fraction of sp³-hybridized carbons (Fsp3) is 0.562. The number of ether oxygens (including phenoxy) is 1. The Hall–Kier alpha value is -1.55. The molecule has 0 aliphatic heterocycles. The number of phenols is 1. The van der Waals surface area contributed by atoms with E-state index in [0.29, 0.717) is 17.4 Å². The highest BCUT2D eigenvalue weighted by molar-refractivity contribution is 6.00. The molecule has 0 bridgehead atoms. The van der Waals surface area contributed by atoms with Crippen molar-refractivity contribution in [3.05, 3.63) is 23.8 Å². The predicted octanol–water partition coefficient (Wildman–Crippen LogP) is 2.96. The van der Waals surface area contributed by atoms with Gasteiger partial charge < -0.3 is 20.4 Å². The largest absolute Gasteiger partial charge is 0.504 e. The maximum atomic E-state index is 9.80. The van der Waals surface area contributed by atoms with Gasteiger partial charge in [-0.15, -0.1) is 0 Å². The van der Waals surface area contributed by atoms with Gasteiger partial charge >= 0.3 is 0 Å². The number of nitrogens with one attached hydrogen (secondary N) is 1. The molecule has 0 heterocycles. The Morgan fingerprint density at radius 2 is 2.00 bits per heavy atom. The molecule has 0 spiro atoms. The van der Waals surface area contributed by atoms with Crippen LogP contribution in [0.5, 0.6) is 11.5 Å². The van der Waals surface area contributed by atoms with Crippen molar-refractivity contribution in [3.63, 3.8) is 0 Å². The number of benzene rings is 1. The molecular formula is C16H23NO3. The number of aliphatic hydroxyl groups excluding tert-OH is 1. The van der Waals surface area contributed by atoms with Crippen LogP contribution in [0.4, 0.5) is 0 Å².